The quantitative estimate of drug-likeness (QED) is 0.596. The van der Waals surface area contributed by atoms with Crippen LogP contribution in [0.3, 0.4) is 0 Å². The first-order chi connectivity index (χ1) is 8.83. The van der Waals surface area contributed by atoms with Gasteiger partial charge in [0.25, 0.3) is 0 Å². The Labute approximate surface area is 118 Å². The molecule has 0 atom stereocenters. The normalized spacial score (nSPS) is 14.3. The molecule has 0 saturated heterocycles. The number of hydrogen-bond donors (Lipinski definition) is 0. The van der Waals surface area contributed by atoms with Crippen LogP contribution in [0.15, 0.2) is 6.33 Å². The highest BCUT2D eigenvalue weighted by atomic mass is 79.9. The van der Waals surface area contributed by atoms with Gasteiger partial charge >= 0.3 is 0 Å². The second-order valence-corrected chi connectivity index (χ2v) is 5.79. The van der Waals surface area contributed by atoms with Crippen molar-refractivity contribution < 1.29 is 0 Å². The highest BCUT2D eigenvalue weighted by molar-refractivity contribution is 9.09. The molecule has 4 heteroatoms. The smallest absolute Gasteiger partial charge is 0.135 e. The van der Waals surface area contributed by atoms with Crippen LogP contribution >= 0.6 is 15.9 Å². The zero-order chi connectivity index (χ0) is 12.8. The van der Waals surface area contributed by atoms with Gasteiger partial charge in [0.15, 0.2) is 0 Å². The Morgan fingerprint density at radius 1 is 1.17 bits per heavy atom. The van der Waals surface area contributed by atoms with E-state index in [9.17, 15) is 0 Å². The van der Waals surface area contributed by atoms with Gasteiger partial charge in [0.1, 0.15) is 12.1 Å². The molecule has 100 valence electrons. The monoisotopic (exact) mass is 311 g/mol. The summed E-state index contributed by atoms with van der Waals surface area (Å²) in [5.41, 5.74) is 2.67. The van der Waals surface area contributed by atoms with Crippen molar-refractivity contribution in [1.82, 2.24) is 9.97 Å². The van der Waals surface area contributed by atoms with Gasteiger partial charge in [-0.1, -0.05) is 22.4 Å². The summed E-state index contributed by atoms with van der Waals surface area (Å²) in [6.07, 6.45) is 10.3. The van der Waals surface area contributed by atoms with Crippen LogP contribution in [0, 0.1) is 0 Å². The summed E-state index contributed by atoms with van der Waals surface area (Å²) in [4.78, 5) is 11.2. The van der Waals surface area contributed by atoms with Gasteiger partial charge in [-0.25, -0.2) is 9.97 Å². The van der Waals surface area contributed by atoms with Crippen molar-refractivity contribution >= 4 is 21.7 Å². The fourth-order valence-corrected chi connectivity index (χ4v) is 2.96. The summed E-state index contributed by atoms with van der Waals surface area (Å²) in [5.74, 6) is 1.17. The highest BCUT2D eigenvalue weighted by Gasteiger charge is 2.17. The summed E-state index contributed by atoms with van der Waals surface area (Å²) in [6.45, 7) is 1.09. The molecular weight excluding hydrogens is 290 g/mol. The molecule has 0 fully saturated rings. The molecule has 1 aromatic rings. The Morgan fingerprint density at radius 3 is 2.83 bits per heavy atom. The molecule has 0 spiro atoms. The minimum absolute atomic E-state index is 1.09. The van der Waals surface area contributed by atoms with E-state index in [0.29, 0.717) is 0 Å². The Bertz CT molecular complexity index is 381. The predicted octanol–water partition coefficient (Wildman–Crippen LogP) is 3.36. The van der Waals surface area contributed by atoms with E-state index in [2.05, 4.69) is 37.8 Å². The van der Waals surface area contributed by atoms with E-state index >= 15 is 0 Å². The lowest BCUT2D eigenvalue weighted by atomic mass is 9.96. The first-order valence-corrected chi connectivity index (χ1v) is 8.05. The molecule has 18 heavy (non-hydrogen) atoms. The standard InChI is InChI=1S/C14H22BrN3/c1-18(10-6-2-5-9-15)14-12-7-3-4-8-13(12)16-11-17-14/h11H,2-10H2,1H3. The molecule has 0 N–H and O–H groups in total. The van der Waals surface area contributed by atoms with Crippen LogP contribution < -0.4 is 4.90 Å². The van der Waals surface area contributed by atoms with Gasteiger partial charge in [-0.15, -0.1) is 0 Å². The number of unbranched alkanes of at least 4 members (excludes halogenated alkanes) is 2. The van der Waals surface area contributed by atoms with Crippen LogP contribution in [0.1, 0.15) is 43.4 Å². The average Bonchev–Trinajstić information content (AvgIpc) is 2.43. The third-order valence-corrected chi connectivity index (χ3v) is 4.15. The van der Waals surface area contributed by atoms with Crippen molar-refractivity contribution in [3.8, 4) is 0 Å². The van der Waals surface area contributed by atoms with Gasteiger partial charge in [0.05, 0.1) is 0 Å². The van der Waals surface area contributed by atoms with Crippen molar-refractivity contribution in [2.24, 2.45) is 0 Å². The van der Waals surface area contributed by atoms with E-state index in [1.54, 1.807) is 6.33 Å². The van der Waals surface area contributed by atoms with E-state index in [1.807, 2.05) is 0 Å². The molecule has 0 aromatic carbocycles. The molecule has 0 radical (unpaired) electrons. The maximum absolute atomic E-state index is 4.50. The Balaban J connectivity index is 1.99. The van der Waals surface area contributed by atoms with Gasteiger partial charge in [0.2, 0.25) is 0 Å². The largest absolute Gasteiger partial charge is 0.359 e. The number of nitrogens with zero attached hydrogens (tertiary/aromatic N) is 3. The minimum atomic E-state index is 1.09. The third-order valence-electron chi connectivity index (χ3n) is 3.59. The van der Waals surface area contributed by atoms with Crippen molar-refractivity contribution in [2.75, 3.05) is 23.8 Å². The number of halogens is 1. The lowest BCUT2D eigenvalue weighted by molar-refractivity contribution is 0.651. The molecule has 0 unspecified atom stereocenters. The second-order valence-electron chi connectivity index (χ2n) is 5.00. The second kappa shape index (κ2) is 7.07. The van der Waals surface area contributed by atoms with Gasteiger partial charge < -0.3 is 4.90 Å². The maximum atomic E-state index is 4.50. The van der Waals surface area contributed by atoms with Crippen molar-refractivity contribution in [2.45, 2.75) is 44.9 Å². The molecule has 1 heterocycles. The average molecular weight is 312 g/mol. The third kappa shape index (κ3) is 3.44. The van der Waals surface area contributed by atoms with E-state index in [-0.39, 0.29) is 0 Å². The van der Waals surface area contributed by atoms with Gasteiger partial charge in [0, 0.05) is 30.2 Å². The zero-order valence-corrected chi connectivity index (χ0v) is 12.7. The summed E-state index contributed by atoms with van der Waals surface area (Å²) >= 11 is 3.48. The zero-order valence-electron chi connectivity index (χ0n) is 11.2. The van der Waals surface area contributed by atoms with E-state index in [4.69, 9.17) is 0 Å². The fourth-order valence-electron chi connectivity index (χ4n) is 2.56. The van der Waals surface area contributed by atoms with Crippen molar-refractivity contribution in [1.29, 1.82) is 0 Å². The van der Waals surface area contributed by atoms with Gasteiger partial charge in [-0.05, 0) is 38.5 Å². The summed E-state index contributed by atoms with van der Waals surface area (Å²) in [7, 11) is 2.16. The molecule has 0 saturated carbocycles. The summed E-state index contributed by atoms with van der Waals surface area (Å²) in [5, 5.41) is 1.11. The molecule has 1 aromatic heterocycles. The lowest BCUT2D eigenvalue weighted by Gasteiger charge is -2.24. The molecule has 3 nitrogen and oxygen atoms in total. The number of aryl methyl sites for hydroxylation is 1. The summed E-state index contributed by atoms with van der Waals surface area (Å²) < 4.78 is 0. The predicted molar refractivity (Wildman–Crippen MR) is 79.6 cm³/mol. The molecular formula is C14H22BrN3. The summed E-state index contributed by atoms with van der Waals surface area (Å²) in [6, 6.07) is 0. The van der Waals surface area contributed by atoms with Crippen LogP contribution in [-0.4, -0.2) is 28.9 Å². The number of aromatic nitrogens is 2. The Morgan fingerprint density at radius 2 is 2.00 bits per heavy atom. The number of rotatable bonds is 6. The van der Waals surface area contributed by atoms with Crippen LogP contribution in [0.25, 0.3) is 0 Å². The highest BCUT2D eigenvalue weighted by Crippen LogP contribution is 2.26. The topological polar surface area (TPSA) is 29.0 Å². The van der Waals surface area contributed by atoms with Crippen LogP contribution in [0.2, 0.25) is 0 Å². The molecule has 0 bridgehead atoms. The Kier molecular flexibility index (Phi) is 5.42. The van der Waals surface area contributed by atoms with Gasteiger partial charge in [-0.2, -0.15) is 0 Å². The number of hydrogen-bond acceptors (Lipinski definition) is 3. The van der Waals surface area contributed by atoms with Crippen LogP contribution in [0.4, 0.5) is 5.82 Å². The van der Waals surface area contributed by atoms with E-state index in [1.165, 1.54) is 49.2 Å². The fraction of sp³-hybridized carbons (Fsp3) is 0.714. The van der Waals surface area contributed by atoms with E-state index < -0.39 is 0 Å². The molecule has 1 aliphatic carbocycles. The molecule has 0 amide bonds. The van der Waals surface area contributed by atoms with Crippen LogP contribution in [-0.2, 0) is 12.8 Å². The van der Waals surface area contributed by atoms with Crippen LogP contribution in [0.5, 0.6) is 0 Å². The first-order valence-electron chi connectivity index (χ1n) is 6.93. The van der Waals surface area contributed by atoms with E-state index in [0.717, 1.165) is 24.7 Å². The molecule has 1 aliphatic rings. The number of alkyl halides is 1. The lowest BCUT2D eigenvalue weighted by Crippen LogP contribution is -2.23. The maximum Gasteiger partial charge on any atom is 0.135 e. The number of fused-ring (bicyclic) bond motifs is 1. The van der Waals surface area contributed by atoms with Gasteiger partial charge in [-0.3, -0.25) is 0 Å². The van der Waals surface area contributed by atoms with Crippen molar-refractivity contribution in [3.63, 3.8) is 0 Å². The minimum Gasteiger partial charge on any atom is -0.359 e. The number of anilines is 1. The Hall–Kier alpha value is -0.640. The molecule has 0 aliphatic heterocycles. The molecule has 2 rings (SSSR count). The van der Waals surface area contributed by atoms with Crippen molar-refractivity contribution in [3.05, 3.63) is 17.6 Å². The SMILES string of the molecule is CN(CCCCCBr)c1ncnc2c1CCCC2. The first kappa shape index (κ1) is 13.8.